The van der Waals surface area contributed by atoms with Crippen molar-refractivity contribution in [1.82, 2.24) is 4.98 Å². The molecule has 70 valence electrons. The zero-order valence-electron chi connectivity index (χ0n) is 7.53. The van der Waals surface area contributed by atoms with Gasteiger partial charge >= 0.3 is 0 Å². The fourth-order valence-corrected chi connectivity index (χ4v) is 1.46. The molecule has 0 unspecified atom stereocenters. The van der Waals surface area contributed by atoms with E-state index in [0.717, 1.165) is 11.3 Å². The Kier molecular flexibility index (Phi) is 2.45. The number of aromatic nitrogens is 1. The molecule has 3 nitrogen and oxygen atoms in total. The van der Waals surface area contributed by atoms with Gasteiger partial charge in [0.2, 0.25) is 0 Å². The molecule has 3 heteroatoms. The maximum Gasteiger partial charge on any atom is 0.0703 e. The van der Waals surface area contributed by atoms with Gasteiger partial charge in [0.15, 0.2) is 0 Å². The second-order valence-corrected chi connectivity index (χ2v) is 3.46. The summed E-state index contributed by atoms with van der Waals surface area (Å²) in [6, 6.07) is 2.44. The first-order valence-corrected chi connectivity index (χ1v) is 4.70. The smallest absolute Gasteiger partial charge is 0.0703 e. The van der Waals surface area contributed by atoms with Gasteiger partial charge in [-0.1, -0.05) is 0 Å². The molecule has 1 aliphatic rings. The summed E-state index contributed by atoms with van der Waals surface area (Å²) in [6.07, 6.45) is 7.27. The molecule has 1 heterocycles. The van der Waals surface area contributed by atoms with Gasteiger partial charge < -0.3 is 10.4 Å². The zero-order chi connectivity index (χ0) is 9.10. The topological polar surface area (TPSA) is 45.2 Å². The van der Waals surface area contributed by atoms with E-state index in [4.69, 9.17) is 5.11 Å². The molecule has 0 atom stereocenters. The van der Waals surface area contributed by atoms with Gasteiger partial charge in [-0.2, -0.15) is 0 Å². The van der Waals surface area contributed by atoms with Crippen LogP contribution in [0, 0.1) is 0 Å². The second-order valence-electron chi connectivity index (χ2n) is 3.46. The average molecular weight is 178 g/mol. The molecule has 0 saturated heterocycles. The maximum absolute atomic E-state index is 9.05. The molecule has 1 aromatic heterocycles. The van der Waals surface area contributed by atoms with E-state index >= 15 is 0 Å². The van der Waals surface area contributed by atoms with E-state index in [2.05, 4.69) is 10.3 Å². The van der Waals surface area contributed by atoms with Gasteiger partial charge in [0.1, 0.15) is 0 Å². The van der Waals surface area contributed by atoms with Crippen molar-refractivity contribution in [2.75, 3.05) is 5.32 Å². The third-order valence-electron chi connectivity index (χ3n) is 2.55. The number of anilines is 1. The van der Waals surface area contributed by atoms with Crippen molar-refractivity contribution >= 4 is 5.69 Å². The molecule has 0 amide bonds. The van der Waals surface area contributed by atoms with Crippen molar-refractivity contribution in [2.45, 2.75) is 31.9 Å². The summed E-state index contributed by atoms with van der Waals surface area (Å²) in [5, 5.41) is 12.4. The highest BCUT2D eigenvalue weighted by molar-refractivity contribution is 5.49. The van der Waals surface area contributed by atoms with Crippen molar-refractivity contribution in [3.05, 3.63) is 24.0 Å². The highest BCUT2D eigenvalue weighted by atomic mass is 16.3. The lowest BCUT2D eigenvalue weighted by Gasteiger charge is -2.28. The van der Waals surface area contributed by atoms with Crippen molar-refractivity contribution in [3.63, 3.8) is 0 Å². The SMILES string of the molecule is OCc1ccncc1NC1CCC1. The summed E-state index contributed by atoms with van der Waals surface area (Å²) < 4.78 is 0. The fraction of sp³-hybridized carbons (Fsp3) is 0.500. The number of aliphatic hydroxyl groups excluding tert-OH is 1. The molecule has 1 aliphatic carbocycles. The van der Waals surface area contributed by atoms with E-state index in [-0.39, 0.29) is 6.61 Å². The van der Waals surface area contributed by atoms with Crippen molar-refractivity contribution in [1.29, 1.82) is 0 Å². The van der Waals surface area contributed by atoms with Crippen LogP contribution in [0.25, 0.3) is 0 Å². The molecule has 0 aliphatic heterocycles. The standard InChI is InChI=1S/C10H14N2O/c13-7-8-4-5-11-6-10(8)12-9-2-1-3-9/h4-6,9,12-13H,1-3,7H2. The first-order valence-electron chi connectivity index (χ1n) is 4.70. The Hall–Kier alpha value is -1.09. The Morgan fingerprint density at radius 3 is 3.00 bits per heavy atom. The molecule has 1 saturated carbocycles. The van der Waals surface area contributed by atoms with Gasteiger partial charge in [-0.15, -0.1) is 0 Å². The normalized spacial score (nSPS) is 16.7. The van der Waals surface area contributed by atoms with E-state index in [1.807, 2.05) is 6.07 Å². The molecule has 0 bridgehead atoms. The van der Waals surface area contributed by atoms with Gasteiger partial charge in [-0.05, 0) is 25.3 Å². The Balaban J connectivity index is 2.08. The first-order chi connectivity index (χ1) is 6.40. The van der Waals surface area contributed by atoms with E-state index in [9.17, 15) is 0 Å². The van der Waals surface area contributed by atoms with E-state index in [0.29, 0.717) is 6.04 Å². The molecular weight excluding hydrogens is 164 g/mol. The summed E-state index contributed by atoms with van der Waals surface area (Å²) in [5.74, 6) is 0. The number of hydrogen-bond donors (Lipinski definition) is 2. The summed E-state index contributed by atoms with van der Waals surface area (Å²) in [7, 11) is 0. The van der Waals surface area contributed by atoms with E-state index < -0.39 is 0 Å². The van der Waals surface area contributed by atoms with Gasteiger partial charge in [0.05, 0.1) is 18.5 Å². The molecular formula is C10H14N2O. The lowest BCUT2D eigenvalue weighted by atomic mass is 9.93. The Bertz CT molecular complexity index is 284. The van der Waals surface area contributed by atoms with E-state index in [1.165, 1.54) is 19.3 Å². The van der Waals surface area contributed by atoms with Crippen molar-refractivity contribution in [2.24, 2.45) is 0 Å². The van der Waals surface area contributed by atoms with Crippen LogP contribution < -0.4 is 5.32 Å². The Labute approximate surface area is 77.8 Å². The van der Waals surface area contributed by atoms with Crippen LogP contribution in [-0.2, 0) is 6.61 Å². The lowest BCUT2D eigenvalue weighted by Crippen LogP contribution is -2.27. The maximum atomic E-state index is 9.05. The van der Waals surface area contributed by atoms with Gasteiger partial charge in [-0.25, -0.2) is 0 Å². The zero-order valence-corrected chi connectivity index (χ0v) is 7.53. The predicted octanol–water partition coefficient (Wildman–Crippen LogP) is 1.54. The van der Waals surface area contributed by atoms with Crippen LogP contribution in [0.1, 0.15) is 24.8 Å². The summed E-state index contributed by atoms with van der Waals surface area (Å²) in [5.41, 5.74) is 1.91. The van der Waals surface area contributed by atoms with Crippen molar-refractivity contribution < 1.29 is 5.11 Å². The van der Waals surface area contributed by atoms with Crippen LogP contribution in [0.3, 0.4) is 0 Å². The quantitative estimate of drug-likeness (QED) is 0.738. The van der Waals surface area contributed by atoms with Gasteiger partial charge in [0.25, 0.3) is 0 Å². The average Bonchev–Trinajstić information content (AvgIpc) is 2.12. The molecule has 0 radical (unpaired) electrons. The number of aliphatic hydroxyl groups is 1. The molecule has 1 aromatic rings. The molecule has 13 heavy (non-hydrogen) atoms. The third-order valence-corrected chi connectivity index (χ3v) is 2.55. The molecule has 1 fully saturated rings. The minimum absolute atomic E-state index is 0.0809. The molecule has 0 spiro atoms. The molecule has 2 N–H and O–H groups in total. The number of hydrogen-bond acceptors (Lipinski definition) is 3. The lowest BCUT2D eigenvalue weighted by molar-refractivity contribution is 0.282. The van der Waals surface area contributed by atoms with Crippen molar-refractivity contribution in [3.8, 4) is 0 Å². The van der Waals surface area contributed by atoms with Crippen LogP contribution in [0.2, 0.25) is 0 Å². The van der Waals surface area contributed by atoms with Crippen LogP contribution in [0.5, 0.6) is 0 Å². The van der Waals surface area contributed by atoms with Gasteiger partial charge in [-0.3, -0.25) is 4.98 Å². The summed E-state index contributed by atoms with van der Waals surface area (Å²) in [4.78, 5) is 4.03. The summed E-state index contributed by atoms with van der Waals surface area (Å²) in [6.45, 7) is 0.0809. The monoisotopic (exact) mass is 178 g/mol. The number of nitrogens with one attached hydrogen (secondary N) is 1. The van der Waals surface area contributed by atoms with Crippen LogP contribution in [0.15, 0.2) is 18.5 Å². The van der Waals surface area contributed by atoms with Crippen LogP contribution in [-0.4, -0.2) is 16.1 Å². The fourth-order valence-electron chi connectivity index (χ4n) is 1.46. The Morgan fingerprint density at radius 2 is 2.38 bits per heavy atom. The van der Waals surface area contributed by atoms with Crippen LogP contribution in [0.4, 0.5) is 5.69 Å². The number of nitrogens with zero attached hydrogens (tertiary/aromatic N) is 1. The van der Waals surface area contributed by atoms with Crippen LogP contribution >= 0.6 is 0 Å². The summed E-state index contributed by atoms with van der Waals surface area (Å²) >= 11 is 0. The first kappa shape index (κ1) is 8.51. The molecule has 2 rings (SSSR count). The number of pyridine rings is 1. The Morgan fingerprint density at radius 1 is 1.54 bits per heavy atom. The van der Waals surface area contributed by atoms with E-state index in [1.54, 1.807) is 12.4 Å². The largest absolute Gasteiger partial charge is 0.392 e. The minimum Gasteiger partial charge on any atom is -0.392 e. The molecule has 0 aromatic carbocycles. The minimum atomic E-state index is 0.0809. The van der Waals surface area contributed by atoms with Gasteiger partial charge in [0, 0.05) is 17.8 Å². The highest BCUT2D eigenvalue weighted by Crippen LogP contribution is 2.24. The number of rotatable bonds is 3. The predicted molar refractivity (Wildman–Crippen MR) is 51.4 cm³/mol. The third kappa shape index (κ3) is 1.80. The highest BCUT2D eigenvalue weighted by Gasteiger charge is 2.17. The second kappa shape index (κ2) is 3.75.